The van der Waals surface area contributed by atoms with E-state index in [1.54, 1.807) is 31.3 Å². The van der Waals surface area contributed by atoms with E-state index in [4.69, 9.17) is 0 Å². The van der Waals surface area contributed by atoms with Gasteiger partial charge in [0.25, 0.3) is 0 Å². The lowest BCUT2D eigenvalue weighted by atomic mass is 9.83. The van der Waals surface area contributed by atoms with Crippen molar-refractivity contribution < 1.29 is 14.0 Å². The standard InChI is InChI=1S/C16H19FN2O2/c1-3-10-18-16(21)12-8-9-14(20)19(2)15(12)11-6-4-5-7-13(11)17/h3-7,12,15H,1,8-10H2,2H3,(H,18,21). The van der Waals surface area contributed by atoms with E-state index < -0.39 is 17.8 Å². The molecule has 2 rings (SSSR count). The molecule has 2 atom stereocenters. The molecular formula is C16H19FN2O2. The summed E-state index contributed by atoms with van der Waals surface area (Å²) in [6.45, 7) is 3.91. The predicted molar refractivity (Wildman–Crippen MR) is 77.8 cm³/mol. The summed E-state index contributed by atoms with van der Waals surface area (Å²) in [6, 6.07) is 5.71. The van der Waals surface area contributed by atoms with Crippen LogP contribution in [0.3, 0.4) is 0 Å². The van der Waals surface area contributed by atoms with Crippen molar-refractivity contribution in [3.8, 4) is 0 Å². The van der Waals surface area contributed by atoms with Crippen molar-refractivity contribution in [3.05, 3.63) is 48.3 Å². The molecule has 1 aliphatic heterocycles. The highest BCUT2D eigenvalue weighted by molar-refractivity contribution is 5.85. The maximum absolute atomic E-state index is 14.1. The van der Waals surface area contributed by atoms with Crippen molar-refractivity contribution in [1.82, 2.24) is 10.2 Å². The minimum Gasteiger partial charge on any atom is -0.352 e. The highest BCUT2D eigenvalue weighted by atomic mass is 19.1. The lowest BCUT2D eigenvalue weighted by molar-refractivity contribution is -0.141. The quantitative estimate of drug-likeness (QED) is 0.863. The number of piperidine rings is 1. The summed E-state index contributed by atoms with van der Waals surface area (Å²) >= 11 is 0. The molecule has 1 N–H and O–H groups in total. The van der Waals surface area contributed by atoms with Gasteiger partial charge in [0.05, 0.1) is 12.0 Å². The number of carbonyl (C=O) groups excluding carboxylic acids is 2. The molecule has 1 aromatic rings. The summed E-state index contributed by atoms with van der Waals surface area (Å²) in [5, 5.41) is 2.74. The summed E-state index contributed by atoms with van der Waals surface area (Å²) in [4.78, 5) is 25.7. The first-order valence-corrected chi connectivity index (χ1v) is 6.95. The molecule has 0 spiro atoms. The van der Waals surface area contributed by atoms with Crippen LogP contribution in [0.25, 0.3) is 0 Å². The molecule has 0 saturated carbocycles. The summed E-state index contributed by atoms with van der Waals surface area (Å²) in [5.74, 6) is -1.10. The Balaban J connectivity index is 2.34. The van der Waals surface area contributed by atoms with Gasteiger partial charge in [-0.25, -0.2) is 4.39 Å². The molecule has 0 aromatic heterocycles. The molecule has 0 radical (unpaired) electrons. The number of nitrogens with zero attached hydrogens (tertiary/aromatic N) is 1. The van der Waals surface area contributed by atoms with Crippen LogP contribution in [0.4, 0.5) is 4.39 Å². The van der Waals surface area contributed by atoms with Gasteiger partial charge in [-0.05, 0) is 12.5 Å². The van der Waals surface area contributed by atoms with Gasteiger partial charge in [0.15, 0.2) is 0 Å². The van der Waals surface area contributed by atoms with E-state index in [-0.39, 0.29) is 11.8 Å². The molecule has 2 unspecified atom stereocenters. The average molecular weight is 290 g/mol. The topological polar surface area (TPSA) is 49.4 Å². The van der Waals surface area contributed by atoms with Crippen LogP contribution < -0.4 is 5.32 Å². The molecule has 21 heavy (non-hydrogen) atoms. The molecule has 0 aliphatic carbocycles. The Hall–Kier alpha value is -2.17. The molecule has 2 amide bonds. The lowest BCUT2D eigenvalue weighted by Crippen LogP contribution is -2.46. The van der Waals surface area contributed by atoms with Crippen LogP contribution in [0.1, 0.15) is 24.4 Å². The number of amides is 2. The van der Waals surface area contributed by atoms with Crippen molar-refractivity contribution in [3.63, 3.8) is 0 Å². The van der Waals surface area contributed by atoms with Gasteiger partial charge < -0.3 is 10.2 Å². The fourth-order valence-corrected chi connectivity index (χ4v) is 2.76. The third-order valence-electron chi connectivity index (χ3n) is 3.84. The fourth-order valence-electron chi connectivity index (χ4n) is 2.76. The number of likely N-dealkylation sites (tertiary alicyclic amines) is 1. The lowest BCUT2D eigenvalue weighted by Gasteiger charge is -2.38. The van der Waals surface area contributed by atoms with Gasteiger partial charge in [0.1, 0.15) is 5.82 Å². The van der Waals surface area contributed by atoms with Gasteiger partial charge >= 0.3 is 0 Å². The summed E-state index contributed by atoms with van der Waals surface area (Å²) in [6.07, 6.45) is 2.31. The first-order chi connectivity index (χ1) is 10.1. The second-order valence-corrected chi connectivity index (χ2v) is 5.15. The number of nitrogens with one attached hydrogen (secondary N) is 1. The normalized spacial score (nSPS) is 22.0. The SMILES string of the molecule is C=CCNC(=O)C1CCC(=O)N(C)C1c1ccccc1F. The molecule has 1 aliphatic rings. The van der Waals surface area contributed by atoms with Crippen LogP contribution in [0, 0.1) is 11.7 Å². The second kappa shape index (κ2) is 6.52. The maximum Gasteiger partial charge on any atom is 0.225 e. The van der Waals surface area contributed by atoms with Gasteiger partial charge in [-0.3, -0.25) is 9.59 Å². The van der Waals surface area contributed by atoms with Crippen LogP contribution in [-0.2, 0) is 9.59 Å². The zero-order chi connectivity index (χ0) is 15.4. The van der Waals surface area contributed by atoms with Crippen molar-refractivity contribution in [2.45, 2.75) is 18.9 Å². The first kappa shape index (κ1) is 15.2. The minimum atomic E-state index is -0.572. The van der Waals surface area contributed by atoms with Gasteiger partial charge in [0.2, 0.25) is 11.8 Å². The highest BCUT2D eigenvalue weighted by Crippen LogP contribution is 2.36. The molecule has 5 heteroatoms. The Morgan fingerprint density at radius 3 is 2.90 bits per heavy atom. The minimum absolute atomic E-state index is 0.0731. The van der Waals surface area contributed by atoms with Crippen molar-refractivity contribution in [1.29, 1.82) is 0 Å². The Kier molecular flexibility index (Phi) is 4.73. The first-order valence-electron chi connectivity index (χ1n) is 6.95. The second-order valence-electron chi connectivity index (χ2n) is 5.15. The average Bonchev–Trinajstić information content (AvgIpc) is 2.48. The Bertz CT molecular complexity index is 559. The van der Waals surface area contributed by atoms with Gasteiger partial charge in [0, 0.05) is 25.6 Å². The summed E-state index contributed by atoms with van der Waals surface area (Å²) in [7, 11) is 1.62. The molecule has 0 bridgehead atoms. The van der Waals surface area contributed by atoms with Crippen LogP contribution >= 0.6 is 0 Å². The number of rotatable bonds is 4. The van der Waals surface area contributed by atoms with Crippen LogP contribution in [0.5, 0.6) is 0 Å². The Morgan fingerprint density at radius 2 is 2.24 bits per heavy atom. The van der Waals surface area contributed by atoms with E-state index in [2.05, 4.69) is 11.9 Å². The molecule has 1 aromatic carbocycles. The van der Waals surface area contributed by atoms with Gasteiger partial charge in [-0.15, -0.1) is 6.58 Å². The molecule has 1 heterocycles. The van der Waals surface area contributed by atoms with E-state index in [0.29, 0.717) is 24.9 Å². The molecular weight excluding hydrogens is 271 g/mol. The van der Waals surface area contributed by atoms with E-state index >= 15 is 0 Å². The number of carbonyl (C=O) groups is 2. The zero-order valence-corrected chi connectivity index (χ0v) is 12.0. The van der Waals surface area contributed by atoms with E-state index in [1.807, 2.05) is 0 Å². The maximum atomic E-state index is 14.1. The van der Waals surface area contributed by atoms with Gasteiger partial charge in [-0.1, -0.05) is 24.3 Å². The Labute approximate surface area is 123 Å². The summed E-state index contributed by atoms with van der Waals surface area (Å²) in [5.41, 5.74) is 0.381. The van der Waals surface area contributed by atoms with Gasteiger partial charge in [-0.2, -0.15) is 0 Å². The molecule has 1 saturated heterocycles. The number of halogens is 1. The largest absolute Gasteiger partial charge is 0.352 e. The highest BCUT2D eigenvalue weighted by Gasteiger charge is 2.39. The van der Waals surface area contributed by atoms with Crippen LogP contribution in [-0.4, -0.2) is 30.3 Å². The van der Waals surface area contributed by atoms with Crippen LogP contribution in [0.2, 0.25) is 0 Å². The molecule has 4 nitrogen and oxygen atoms in total. The number of hydrogen-bond donors (Lipinski definition) is 1. The summed E-state index contributed by atoms with van der Waals surface area (Å²) < 4.78 is 14.1. The van der Waals surface area contributed by atoms with Crippen molar-refractivity contribution in [2.75, 3.05) is 13.6 Å². The smallest absolute Gasteiger partial charge is 0.225 e. The van der Waals surface area contributed by atoms with Crippen molar-refractivity contribution in [2.24, 2.45) is 5.92 Å². The molecule has 112 valence electrons. The zero-order valence-electron chi connectivity index (χ0n) is 12.0. The predicted octanol–water partition coefficient (Wildman–Crippen LogP) is 2.04. The third-order valence-corrected chi connectivity index (χ3v) is 3.84. The number of benzene rings is 1. The fraction of sp³-hybridized carbons (Fsp3) is 0.375. The third kappa shape index (κ3) is 3.12. The molecule has 1 fully saturated rings. The van der Waals surface area contributed by atoms with E-state index in [1.165, 1.54) is 11.0 Å². The van der Waals surface area contributed by atoms with Crippen LogP contribution in [0.15, 0.2) is 36.9 Å². The van der Waals surface area contributed by atoms with E-state index in [9.17, 15) is 14.0 Å². The Morgan fingerprint density at radius 1 is 1.52 bits per heavy atom. The van der Waals surface area contributed by atoms with E-state index in [0.717, 1.165) is 0 Å². The monoisotopic (exact) mass is 290 g/mol. The number of hydrogen-bond acceptors (Lipinski definition) is 2. The van der Waals surface area contributed by atoms with Crippen molar-refractivity contribution >= 4 is 11.8 Å².